The molecular weight excluding hydrogens is 272 g/mol. The number of likely N-dealkylation sites (N-methyl/N-ethyl adjacent to an activating group) is 1. The molecule has 0 saturated heterocycles. The van der Waals surface area contributed by atoms with E-state index in [1.807, 2.05) is 19.2 Å². The first kappa shape index (κ1) is 17.1. The van der Waals surface area contributed by atoms with Crippen LogP contribution >= 0.6 is 0 Å². The van der Waals surface area contributed by atoms with Crippen molar-refractivity contribution in [3.8, 4) is 0 Å². The van der Waals surface area contributed by atoms with Gasteiger partial charge < -0.3 is 5.32 Å². The van der Waals surface area contributed by atoms with Crippen molar-refractivity contribution in [3.05, 3.63) is 29.8 Å². The van der Waals surface area contributed by atoms with E-state index < -0.39 is 10.0 Å². The molecule has 0 amide bonds. The van der Waals surface area contributed by atoms with Gasteiger partial charge in [0.15, 0.2) is 0 Å². The summed E-state index contributed by atoms with van der Waals surface area (Å²) >= 11 is 0. The number of hydrogen-bond donors (Lipinski definition) is 2. The van der Waals surface area contributed by atoms with Crippen LogP contribution in [0, 0.1) is 5.41 Å². The first-order chi connectivity index (χ1) is 9.30. The lowest BCUT2D eigenvalue weighted by atomic mass is 9.91. The van der Waals surface area contributed by atoms with Crippen LogP contribution in [0.3, 0.4) is 0 Å². The van der Waals surface area contributed by atoms with Crippen molar-refractivity contribution >= 4 is 10.0 Å². The van der Waals surface area contributed by atoms with E-state index in [0.29, 0.717) is 11.4 Å². The van der Waals surface area contributed by atoms with Gasteiger partial charge in [-0.1, -0.05) is 32.9 Å². The molecule has 0 aliphatic carbocycles. The molecule has 0 aliphatic heterocycles. The zero-order valence-electron chi connectivity index (χ0n) is 12.9. The Kier molecular flexibility index (Phi) is 6.17. The van der Waals surface area contributed by atoms with Gasteiger partial charge in [-0.05, 0) is 49.5 Å². The topological polar surface area (TPSA) is 58.2 Å². The molecule has 1 aromatic carbocycles. The van der Waals surface area contributed by atoms with Gasteiger partial charge in [0.05, 0.1) is 4.90 Å². The lowest BCUT2D eigenvalue weighted by molar-refractivity contribution is 0.350. The van der Waals surface area contributed by atoms with E-state index in [1.54, 1.807) is 12.1 Å². The number of nitrogens with one attached hydrogen (secondary N) is 2. The maximum atomic E-state index is 12.2. The summed E-state index contributed by atoms with van der Waals surface area (Å²) in [6.07, 6.45) is 1.82. The summed E-state index contributed by atoms with van der Waals surface area (Å²) in [6.45, 7) is 7.50. The van der Waals surface area contributed by atoms with Gasteiger partial charge in [-0.25, -0.2) is 13.1 Å². The minimum Gasteiger partial charge on any atom is -0.319 e. The van der Waals surface area contributed by atoms with Crippen LogP contribution in [0.4, 0.5) is 0 Å². The van der Waals surface area contributed by atoms with Gasteiger partial charge in [0.1, 0.15) is 0 Å². The molecule has 0 unspecified atom stereocenters. The average Bonchev–Trinajstić information content (AvgIpc) is 2.44. The molecule has 4 nitrogen and oxygen atoms in total. The zero-order chi connectivity index (χ0) is 15.2. The first-order valence-corrected chi connectivity index (χ1v) is 8.52. The van der Waals surface area contributed by atoms with Gasteiger partial charge in [-0.15, -0.1) is 0 Å². The second-order valence-corrected chi connectivity index (χ2v) is 7.61. The molecule has 5 heteroatoms. The van der Waals surface area contributed by atoms with Crippen LogP contribution in [0.2, 0.25) is 0 Å². The predicted octanol–water partition coefficient (Wildman–Crippen LogP) is 2.16. The maximum absolute atomic E-state index is 12.2. The lowest BCUT2D eigenvalue weighted by Gasteiger charge is -2.22. The largest absolute Gasteiger partial charge is 0.319 e. The molecule has 0 aliphatic rings. The van der Waals surface area contributed by atoms with Crippen LogP contribution < -0.4 is 10.0 Å². The highest BCUT2D eigenvalue weighted by Gasteiger charge is 2.20. The molecule has 2 N–H and O–H groups in total. The Balaban J connectivity index is 2.73. The predicted molar refractivity (Wildman–Crippen MR) is 83.3 cm³/mol. The monoisotopic (exact) mass is 298 g/mol. The molecule has 1 aromatic rings. The summed E-state index contributed by atoms with van der Waals surface area (Å²) in [5, 5.41) is 3.07. The van der Waals surface area contributed by atoms with Gasteiger partial charge in [0, 0.05) is 6.54 Å². The molecule has 0 radical (unpaired) electrons. The minimum absolute atomic E-state index is 0.0280. The van der Waals surface area contributed by atoms with E-state index in [1.165, 1.54) is 0 Å². The quantitative estimate of drug-likeness (QED) is 0.773. The van der Waals surface area contributed by atoms with Crippen LogP contribution in [-0.4, -0.2) is 28.6 Å². The summed E-state index contributed by atoms with van der Waals surface area (Å²) in [6, 6.07) is 7.09. The van der Waals surface area contributed by atoms with E-state index in [2.05, 4.69) is 30.8 Å². The fraction of sp³-hybridized carbons (Fsp3) is 0.600. The molecule has 20 heavy (non-hydrogen) atoms. The second kappa shape index (κ2) is 7.20. The van der Waals surface area contributed by atoms with Gasteiger partial charge in [-0.2, -0.15) is 0 Å². The molecular formula is C15H26N2O2S. The van der Waals surface area contributed by atoms with Crippen molar-refractivity contribution in [1.82, 2.24) is 10.0 Å². The van der Waals surface area contributed by atoms with Crippen LogP contribution in [-0.2, 0) is 16.4 Å². The number of benzene rings is 1. The van der Waals surface area contributed by atoms with E-state index in [9.17, 15) is 8.42 Å². The number of rotatable bonds is 8. The van der Waals surface area contributed by atoms with Crippen molar-refractivity contribution in [3.63, 3.8) is 0 Å². The van der Waals surface area contributed by atoms with Gasteiger partial charge in [-0.3, -0.25) is 0 Å². The van der Waals surface area contributed by atoms with E-state index in [0.717, 1.165) is 24.9 Å². The summed E-state index contributed by atoms with van der Waals surface area (Å²) in [5.74, 6) is 0. The number of hydrogen-bond acceptors (Lipinski definition) is 3. The summed E-state index contributed by atoms with van der Waals surface area (Å²) < 4.78 is 27.1. The third-order valence-electron chi connectivity index (χ3n) is 3.60. The highest BCUT2D eigenvalue weighted by molar-refractivity contribution is 7.89. The third kappa shape index (κ3) is 5.23. The third-order valence-corrected chi connectivity index (χ3v) is 5.01. The molecule has 1 rings (SSSR count). The molecule has 0 aromatic heterocycles. The fourth-order valence-electron chi connectivity index (χ4n) is 1.60. The lowest BCUT2D eigenvalue weighted by Crippen LogP contribution is -2.33. The Labute approximate surface area is 123 Å². The smallest absolute Gasteiger partial charge is 0.240 e. The number of sulfonamides is 1. The van der Waals surface area contributed by atoms with Gasteiger partial charge in [0.25, 0.3) is 0 Å². The molecule has 0 heterocycles. The van der Waals surface area contributed by atoms with Crippen molar-refractivity contribution in [2.24, 2.45) is 5.41 Å². The summed E-state index contributed by atoms with van der Waals surface area (Å²) in [7, 11) is -1.51. The van der Waals surface area contributed by atoms with E-state index in [-0.39, 0.29) is 5.41 Å². The molecule has 0 fully saturated rings. The van der Waals surface area contributed by atoms with Crippen molar-refractivity contribution in [2.75, 3.05) is 20.1 Å². The van der Waals surface area contributed by atoms with Crippen LogP contribution in [0.1, 0.15) is 32.8 Å². The Morgan fingerprint density at radius 2 is 1.75 bits per heavy atom. The average molecular weight is 298 g/mol. The molecule has 114 valence electrons. The Morgan fingerprint density at radius 1 is 1.15 bits per heavy atom. The van der Waals surface area contributed by atoms with Crippen molar-refractivity contribution < 1.29 is 8.42 Å². The Hall–Kier alpha value is -0.910. The molecule has 0 atom stereocenters. The van der Waals surface area contributed by atoms with Crippen LogP contribution in [0.5, 0.6) is 0 Å². The van der Waals surface area contributed by atoms with Crippen molar-refractivity contribution in [2.45, 2.75) is 38.5 Å². The Bertz CT molecular complexity index is 507. The van der Waals surface area contributed by atoms with Gasteiger partial charge >= 0.3 is 0 Å². The zero-order valence-corrected chi connectivity index (χ0v) is 13.7. The standard InChI is InChI=1S/C15H26N2O2S/c1-5-15(2,3)12-17-20(18,19)14-8-6-13(7-9-14)10-11-16-4/h6-9,16-17H,5,10-12H2,1-4H3. The normalized spacial score (nSPS) is 12.6. The minimum atomic E-state index is -3.41. The summed E-state index contributed by atoms with van der Waals surface area (Å²) in [4.78, 5) is 0.331. The fourth-order valence-corrected chi connectivity index (χ4v) is 2.85. The Morgan fingerprint density at radius 3 is 2.25 bits per heavy atom. The van der Waals surface area contributed by atoms with E-state index >= 15 is 0 Å². The highest BCUT2D eigenvalue weighted by atomic mass is 32.2. The first-order valence-electron chi connectivity index (χ1n) is 7.04. The molecule has 0 bridgehead atoms. The highest BCUT2D eigenvalue weighted by Crippen LogP contribution is 2.19. The van der Waals surface area contributed by atoms with Crippen LogP contribution in [0.25, 0.3) is 0 Å². The van der Waals surface area contributed by atoms with Crippen molar-refractivity contribution in [1.29, 1.82) is 0 Å². The molecule has 0 spiro atoms. The molecule has 0 saturated carbocycles. The summed E-state index contributed by atoms with van der Waals surface area (Å²) in [5.41, 5.74) is 1.10. The van der Waals surface area contributed by atoms with Crippen LogP contribution in [0.15, 0.2) is 29.2 Å². The van der Waals surface area contributed by atoms with Gasteiger partial charge in [0.2, 0.25) is 10.0 Å². The SMILES string of the molecule is CCC(C)(C)CNS(=O)(=O)c1ccc(CCNC)cc1. The second-order valence-electron chi connectivity index (χ2n) is 5.84. The maximum Gasteiger partial charge on any atom is 0.240 e. The van der Waals surface area contributed by atoms with E-state index in [4.69, 9.17) is 0 Å².